The molecule has 0 saturated heterocycles. The molecule has 6 rings (SSSR count). The fraction of sp³-hybridized carbons (Fsp3) is 0.281. The largest absolute Gasteiger partial charge is 0.383 e. The first-order valence-electron chi connectivity index (χ1n) is 13.7. The zero-order chi connectivity index (χ0) is 27.8. The van der Waals surface area contributed by atoms with E-state index < -0.39 is 0 Å². The Hall–Kier alpha value is -4.43. The van der Waals surface area contributed by atoms with Crippen molar-refractivity contribution in [2.45, 2.75) is 44.9 Å². The number of hydrogen-bond donors (Lipinski definition) is 2. The molecule has 204 valence electrons. The molecule has 3 aromatic heterocycles. The maximum absolute atomic E-state index is 13.2. The number of fused-ring (bicyclic) bond motifs is 1. The Morgan fingerprint density at radius 2 is 1.80 bits per heavy atom. The summed E-state index contributed by atoms with van der Waals surface area (Å²) in [6.07, 6.45) is 10.2. The lowest BCUT2D eigenvalue weighted by Gasteiger charge is -2.22. The number of pyridine rings is 1. The maximum atomic E-state index is 13.2. The predicted molar refractivity (Wildman–Crippen MR) is 158 cm³/mol. The van der Waals surface area contributed by atoms with Gasteiger partial charge in [-0.2, -0.15) is 5.10 Å². The minimum Gasteiger partial charge on any atom is -0.383 e. The van der Waals surface area contributed by atoms with Gasteiger partial charge >= 0.3 is 0 Å². The molecule has 1 amide bonds. The molecule has 2 aromatic carbocycles. The van der Waals surface area contributed by atoms with Gasteiger partial charge in [-0.15, -0.1) is 0 Å². The van der Waals surface area contributed by atoms with Crippen LogP contribution in [0, 0.1) is 6.92 Å². The molecule has 3 N–H and O–H groups in total. The van der Waals surface area contributed by atoms with Crippen molar-refractivity contribution in [1.82, 2.24) is 24.6 Å². The minimum absolute atomic E-state index is 0.0530. The summed E-state index contributed by atoms with van der Waals surface area (Å²) in [5.41, 5.74) is 14.1. The van der Waals surface area contributed by atoms with Gasteiger partial charge in [0.05, 0.1) is 30.5 Å². The highest BCUT2D eigenvalue weighted by Gasteiger charge is 2.30. The fourth-order valence-corrected chi connectivity index (χ4v) is 5.69. The number of amides is 1. The quantitative estimate of drug-likeness (QED) is 0.291. The molecule has 1 saturated carbocycles. The minimum atomic E-state index is -0.230. The molecule has 3 heterocycles. The molecule has 0 aliphatic heterocycles. The number of nitrogens with two attached hydrogens (primary N) is 1. The van der Waals surface area contributed by atoms with Crippen molar-refractivity contribution >= 4 is 22.6 Å². The van der Waals surface area contributed by atoms with Gasteiger partial charge in [0, 0.05) is 54.7 Å². The number of rotatable bonds is 7. The SMILES string of the molecule is Cc1cn(C)c2ccc(-c3ccc(CO[C@H]4CCC[C@@H]4NC(=O)c4cc(-c5cnn(C)c5)cnc4N)cc3)cc12. The van der Waals surface area contributed by atoms with Gasteiger partial charge in [-0.05, 0) is 66.6 Å². The second kappa shape index (κ2) is 10.6. The van der Waals surface area contributed by atoms with Gasteiger partial charge in [0.15, 0.2) is 0 Å². The Morgan fingerprint density at radius 3 is 2.58 bits per heavy atom. The molecule has 5 aromatic rings. The van der Waals surface area contributed by atoms with Crippen molar-refractivity contribution in [3.63, 3.8) is 0 Å². The fourth-order valence-electron chi connectivity index (χ4n) is 5.69. The van der Waals surface area contributed by atoms with Crippen LogP contribution in [0.25, 0.3) is 33.2 Å². The van der Waals surface area contributed by atoms with Crippen molar-refractivity contribution in [3.8, 4) is 22.3 Å². The first-order valence-corrected chi connectivity index (χ1v) is 13.7. The Morgan fingerprint density at radius 1 is 1.00 bits per heavy atom. The highest BCUT2D eigenvalue weighted by atomic mass is 16.5. The summed E-state index contributed by atoms with van der Waals surface area (Å²) < 4.78 is 10.2. The normalized spacial score (nSPS) is 17.0. The van der Waals surface area contributed by atoms with Gasteiger partial charge in [0.1, 0.15) is 5.82 Å². The summed E-state index contributed by atoms with van der Waals surface area (Å²) in [6, 6.07) is 16.9. The van der Waals surface area contributed by atoms with E-state index in [1.165, 1.54) is 27.6 Å². The molecule has 0 unspecified atom stereocenters. The van der Waals surface area contributed by atoms with Crippen LogP contribution in [0.2, 0.25) is 0 Å². The molecule has 2 atom stereocenters. The summed E-state index contributed by atoms with van der Waals surface area (Å²) in [5, 5.41) is 8.63. The lowest BCUT2D eigenvalue weighted by atomic mass is 10.0. The number of nitrogens with zero attached hydrogens (tertiary/aromatic N) is 4. The molecular formula is C32H34N6O2. The Bertz CT molecular complexity index is 1680. The predicted octanol–water partition coefficient (Wildman–Crippen LogP) is 5.40. The summed E-state index contributed by atoms with van der Waals surface area (Å²) in [6.45, 7) is 2.64. The molecule has 1 aliphatic carbocycles. The van der Waals surface area contributed by atoms with E-state index >= 15 is 0 Å². The van der Waals surface area contributed by atoms with E-state index in [1.54, 1.807) is 23.1 Å². The topological polar surface area (TPSA) is 100.0 Å². The molecule has 40 heavy (non-hydrogen) atoms. The van der Waals surface area contributed by atoms with Crippen LogP contribution in [0.4, 0.5) is 5.82 Å². The number of ether oxygens (including phenoxy) is 1. The first-order chi connectivity index (χ1) is 19.4. The average molecular weight is 535 g/mol. The zero-order valence-corrected chi connectivity index (χ0v) is 23.1. The number of nitrogen functional groups attached to an aromatic ring is 1. The van der Waals surface area contributed by atoms with Crippen molar-refractivity contribution in [2.24, 2.45) is 14.1 Å². The number of nitrogens with one attached hydrogen (secondary N) is 1. The van der Waals surface area contributed by atoms with Crippen molar-refractivity contribution < 1.29 is 9.53 Å². The Balaban J connectivity index is 1.09. The molecule has 0 spiro atoms. The zero-order valence-electron chi connectivity index (χ0n) is 23.1. The lowest BCUT2D eigenvalue weighted by Crippen LogP contribution is -2.41. The van der Waals surface area contributed by atoms with Crippen molar-refractivity contribution in [1.29, 1.82) is 0 Å². The second-order valence-corrected chi connectivity index (χ2v) is 10.8. The third-order valence-corrected chi connectivity index (χ3v) is 7.91. The molecule has 0 bridgehead atoms. The number of aryl methyl sites for hydroxylation is 3. The lowest BCUT2D eigenvalue weighted by molar-refractivity contribution is 0.0272. The standard InChI is InChI=1S/C32H34N6O2/c1-20-17-37(2)29-12-11-23(13-26(20)29)22-9-7-21(8-10-22)19-40-30-6-4-5-28(30)36-32(39)27-14-24(15-34-31(27)33)25-16-35-38(3)18-25/h7-18,28,30H,4-6,19H2,1-3H3,(H2,33,34)(H,36,39)/t28-,30-/m0/s1. The van der Waals surface area contributed by atoms with Crippen LogP contribution in [0.15, 0.2) is 73.3 Å². The van der Waals surface area contributed by atoms with Crippen LogP contribution in [0.3, 0.4) is 0 Å². The van der Waals surface area contributed by atoms with Crippen LogP contribution >= 0.6 is 0 Å². The number of aromatic nitrogens is 4. The van der Waals surface area contributed by atoms with E-state index in [1.807, 2.05) is 13.2 Å². The third-order valence-electron chi connectivity index (χ3n) is 7.91. The molecule has 8 heteroatoms. The van der Waals surface area contributed by atoms with Gasteiger partial charge in [0.25, 0.3) is 5.91 Å². The monoisotopic (exact) mass is 534 g/mol. The summed E-state index contributed by atoms with van der Waals surface area (Å²) in [5.74, 6) is -0.0199. The highest BCUT2D eigenvalue weighted by Crippen LogP contribution is 2.29. The van der Waals surface area contributed by atoms with Crippen LogP contribution in [-0.4, -0.2) is 37.4 Å². The van der Waals surface area contributed by atoms with Crippen molar-refractivity contribution in [2.75, 3.05) is 5.73 Å². The number of carbonyl (C=O) groups excluding carboxylic acids is 1. The van der Waals surface area contributed by atoms with E-state index in [-0.39, 0.29) is 23.9 Å². The van der Waals surface area contributed by atoms with Gasteiger partial charge in [-0.1, -0.05) is 30.3 Å². The number of carbonyl (C=O) groups is 1. The third kappa shape index (κ3) is 5.10. The first kappa shape index (κ1) is 25.8. The number of anilines is 1. The highest BCUT2D eigenvalue weighted by molar-refractivity contribution is 5.99. The van der Waals surface area contributed by atoms with E-state index in [9.17, 15) is 4.79 Å². The van der Waals surface area contributed by atoms with Crippen LogP contribution in [0.1, 0.15) is 40.7 Å². The molecular weight excluding hydrogens is 500 g/mol. The molecule has 8 nitrogen and oxygen atoms in total. The van der Waals surface area contributed by atoms with E-state index in [4.69, 9.17) is 10.5 Å². The van der Waals surface area contributed by atoms with Crippen LogP contribution < -0.4 is 11.1 Å². The number of hydrogen-bond acceptors (Lipinski definition) is 5. The van der Waals surface area contributed by atoms with Crippen LogP contribution in [-0.2, 0) is 25.4 Å². The molecule has 1 aliphatic rings. The number of benzene rings is 2. The summed E-state index contributed by atoms with van der Waals surface area (Å²) in [7, 11) is 3.93. The van der Waals surface area contributed by atoms with E-state index in [2.05, 4.69) is 82.6 Å². The van der Waals surface area contributed by atoms with Gasteiger partial charge in [-0.25, -0.2) is 4.98 Å². The molecule has 1 fully saturated rings. The van der Waals surface area contributed by atoms with E-state index in [0.29, 0.717) is 12.2 Å². The Kier molecular flexibility index (Phi) is 6.86. The second-order valence-electron chi connectivity index (χ2n) is 10.8. The summed E-state index contributed by atoms with van der Waals surface area (Å²) >= 11 is 0. The van der Waals surface area contributed by atoms with Gasteiger partial charge in [-0.3, -0.25) is 9.48 Å². The smallest absolute Gasteiger partial charge is 0.255 e. The van der Waals surface area contributed by atoms with Crippen molar-refractivity contribution in [3.05, 3.63) is 90.0 Å². The van der Waals surface area contributed by atoms with Crippen LogP contribution in [0.5, 0.6) is 0 Å². The van der Waals surface area contributed by atoms with E-state index in [0.717, 1.165) is 36.0 Å². The Labute approximate surface area is 233 Å². The van der Waals surface area contributed by atoms with Gasteiger partial charge in [0.2, 0.25) is 0 Å². The van der Waals surface area contributed by atoms with Gasteiger partial charge < -0.3 is 20.4 Å². The maximum Gasteiger partial charge on any atom is 0.255 e. The molecule has 0 radical (unpaired) electrons. The average Bonchev–Trinajstić information content (AvgIpc) is 3.67. The summed E-state index contributed by atoms with van der Waals surface area (Å²) in [4.78, 5) is 17.4.